The van der Waals surface area contributed by atoms with Gasteiger partial charge < -0.3 is 10.4 Å². The maximum atomic E-state index is 13.2. The van der Waals surface area contributed by atoms with E-state index in [0.29, 0.717) is 0 Å². The van der Waals surface area contributed by atoms with Gasteiger partial charge in [-0.3, -0.25) is 9.59 Å². The van der Waals surface area contributed by atoms with Crippen LogP contribution in [0.4, 0.5) is 8.78 Å². The number of rotatable bonds is 6. The summed E-state index contributed by atoms with van der Waals surface area (Å²) >= 11 is 0. The van der Waals surface area contributed by atoms with Gasteiger partial charge >= 0.3 is 5.97 Å². The van der Waals surface area contributed by atoms with Crippen molar-refractivity contribution in [3.05, 3.63) is 35.4 Å². The average Bonchev–Trinajstić information content (AvgIpc) is 2.93. The number of Topliss-reactive ketones (excluding diaryl/α,β-unsaturated/α-hetero) is 1. The number of carbonyl (C=O) groups excluding carboxylic acids is 1. The highest BCUT2D eigenvalue weighted by Crippen LogP contribution is 2.20. The predicted octanol–water partition coefficient (Wildman–Crippen LogP) is 2.52. The van der Waals surface area contributed by atoms with Gasteiger partial charge in [-0.1, -0.05) is 12.8 Å². The van der Waals surface area contributed by atoms with Gasteiger partial charge in [0.1, 0.15) is 0 Å². The van der Waals surface area contributed by atoms with E-state index in [1.807, 2.05) is 0 Å². The second kappa shape index (κ2) is 6.76. The molecule has 1 aliphatic rings. The van der Waals surface area contributed by atoms with E-state index in [-0.39, 0.29) is 18.0 Å². The minimum absolute atomic E-state index is 0.0225. The molecule has 2 N–H and O–H groups in total. The first-order valence-electron chi connectivity index (χ1n) is 6.94. The molecule has 114 valence electrons. The molecular formula is C15H17F2NO3. The number of aliphatic carboxylic acids is 1. The second-order valence-corrected chi connectivity index (χ2v) is 5.29. The Balaban J connectivity index is 2.15. The van der Waals surface area contributed by atoms with Gasteiger partial charge in [-0.2, -0.15) is 0 Å². The smallest absolute Gasteiger partial charge is 0.305 e. The molecule has 0 aliphatic heterocycles. The van der Waals surface area contributed by atoms with Crippen LogP contribution in [0.1, 0.15) is 42.5 Å². The van der Waals surface area contributed by atoms with Crippen LogP contribution in [0.5, 0.6) is 0 Å². The molecule has 6 heteroatoms. The van der Waals surface area contributed by atoms with E-state index >= 15 is 0 Å². The summed E-state index contributed by atoms with van der Waals surface area (Å²) in [6.07, 6.45) is 3.48. The van der Waals surface area contributed by atoms with Crippen molar-refractivity contribution in [2.45, 2.75) is 44.2 Å². The van der Waals surface area contributed by atoms with Crippen molar-refractivity contribution in [3.63, 3.8) is 0 Å². The summed E-state index contributed by atoms with van der Waals surface area (Å²) in [5, 5.41) is 12.0. The largest absolute Gasteiger partial charge is 0.481 e. The average molecular weight is 297 g/mol. The van der Waals surface area contributed by atoms with Crippen LogP contribution < -0.4 is 5.32 Å². The molecule has 0 bridgehead atoms. The maximum absolute atomic E-state index is 13.2. The number of hydrogen-bond donors (Lipinski definition) is 2. The van der Waals surface area contributed by atoms with Gasteiger partial charge in [0.2, 0.25) is 0 Å². The zero-order valence-corrected chi connectivity index (χ0v) is 11.4. The Labute approximate surface area is 121 Å². The third-order valence-electron chi connectivity index (χ3n) is 3.69. The van der Waals surface area contributed by atoms with Crippen molar-refractivity contribution < 1.29 is 23.5 Å². The number of carbonyl (C=O) groups is 2. The van der Waals surface area contributed by atoms with E-state index < -0.39 is 29.4 Å². The Kier molecular flexibility index (Phi) is 5.01. The molecule has 21 heavy (non-hydrogen) atoms. The van der Waals surface area contributed by atoms with Gasteiger partial charge in [-0.05, 0) is 31.0 Å². The molecule has 0 amide bonds. The number of nitrogens with one attached hydrogen (secondary N) is 1. The Morgan fingerprint density at radius 1 is 1.24 bits per heavy atom. The number of halogens is 2. The lowest BCUT2D eigenvalue weighted by Gasteiger charge is -2.20. The molecule has 1 atom stereocenters. The van der Waals surface area contributed by atoms with Crippen molar-refractivity contribution in [2.24, 2.45) is 0 Å². The number of carboxylic acid groups (broad SMARTS) is 1. The second-order valence-electron chi connectivity index (χ2n) is 5.29. The fourth-order valence-corrected chi connectivity index (χ4v) is 2.63. The summed E-state index contributed by atoms with van der Waals surface area (Å²) in [5.74, 6) is -3.79. The molecule has 1 aliphatic carbocycles. The molecule has 1 aromatic rings. The highest BCUT2D eigenvalue weighted by Gasteiger charge is 2.27. The van der Waals surface area contributed by atoms with Crippen LogP contribution in [-0.4, -0.2) is 28.9 Å². The van der Waals surface area contributed by atoms with Crippen LogP contribution in [0.15, 0.2) is 18.2 Å². The first-order valence-corrected chi connectivity index (χ1v) is 6.94. The Morgan fingerprint density at radius 2 is 1.90 bits per heavy atom. The molecule has 1 unspecified atom stereocenters. The van der Waals surface area contributed by atoms with Gasteiger partial charge in [0, 0.05) is 11.6 Å². The predicted molar refractivity (Wildman–Crippen MR) is 72.1 cm³/mol. The van der Waals surface area contributed by atoms with Crippen molar-refractivity contribution in [3.8, 4) is 0 Å². The summed E-state index contributed by atoms with van der Waals surface area (Å²) in [4.78, 5) is 23.2. The lowest BCUT2D eigenvalue weighted by atomic mass is 10.00. The summed E-state index contributed by atoms with van der Waals surface area (Å²) in [6.45, 7) is 0. The molecule has 1 aromatic carbocycles. The Morgan fingerprint density at radius 3 is 2.48 bits per heavy atom. The van der Waals surface area contributed by atoms with E-state index in [1.165, 1.54) is 6.07 Å². The number of ketones is 1. The molecule has 4 nitrogen and oxygen atoms in total. The molecule has 0 saturated heterocycles. The summed E-state index contributed by atoms with van der Waals surface area (Å²) < 4.78 is 26.1. The van der Waals surface area contributed by atoms with Gasteiger partial charge in [-0.25, -0.2) is 8.78 Å². The van der Waals surface area contributed by atoms with Crippen LogP contribution >= 0.6 is 0 Å². The molecular weight excluding hydrogens is 280 g/mol. The van der Waals surface area contributed by atoms with E-state index in [9.17, 15) is 18.4 Å². The third-order valence-corrected chi connectivity index (χ3v) is 3.69. The normalized spacial score (nSPS) is 16.9. The topological polar surface area (TPSA) is 66.4 Å². The van der Waals surface area contributed by atoms with E-state index in [4.69, 9.17) is 5.11 Å². The monoisotopic (exact) mass is 297 g/mol. The van der Waals surface area contributed by atoms with E-state index in [0.717, 1.165) is 37.8 Å². The van der Waals surface area contributed by atoms with E-state index in [2.05, 4.69) is 5.32 Å². The van der Waals surface area contributed by atoms with Crippen molar-refractivity contribution in [2.75, 3.05) is 0 Å². The summed E-state index contributed by atoms with van der Waals surface area (Å²) in [6, 6.07) is 2.03. The fourth-order valence-electron chi connectivity index (χ4n) is 2.63. The van der Waals surface area contributed by atoms with Crippen LogP contribution in [0.3, 0.4) is 0 Å². The minimum Gasteiger partial charge on any atom is -0.481 e. The number of hydrogen-bond acceptors (Lipinski definition) is 3. The number of carboxylic acids is 1. The number of benzene rings is 1. The van der Waals surface area contributed by atoms with Crippen molar-refractivity contribution in [1.29, 1.82) is 0 Å². The highest BCUT2D eigenvalue weighted by atomic mass is 19.2. The van der Waals surface area contributed by atoms with E-state index in [1.54, 1.807) is 0 Å². The summed E-state index contributed by atoms with van der Waals surface area (Å²) in [5.41, 5.74) is -0.0225. The molecule has 1 saturated carbocycles. The fraction of sp³-hybridized carbons (Fsp3) is 0.467. The SMILES string of the molecule is O=C(O)CC(NC1CCCC1)C(=O)c1ccc(F)c(F)c1. The van der Waals surface area contributed by atoms with Crippen LogP contribution in [0, 0.1) is 11.6 Å². The Bertz CT molecular complexity index is 542. The van der Waals surface area contributed by atoms with Crippen molar-refractivity contribution >= 4 is 11.8 Å². The first kappa shape index (κ1) is 15.6. The molecule has 2 rings (SSSR count). The van der Waals surface area contributed by atoms with Gasteiger partial charge in [0.15, 0.2) is 17.4 Å². The molecule has 0 spiro atoms. The van der Waals surface area contributed by atoms with Crippen LogP contribution in [0.2, 0.25) is 0 Å². The quantitative estimate of drug-likeness (QED) is 0.792. The van der Waals surface area contributed by atoms with Gasteiger partial charge in [-0.15, -0.1) is 0 Å². The van der Waals surface area contributed by atoms with Crippen LogP contribution in [-0.2, 0) is 4.79 Å². The molecule has 0 radical (unpaired) electrons. The summed E-state index contributed by atoms with van der Waals surface area (Å²) in [7, 11) is 0. The molecule has 1 fully saturated rings. The molecule has 0 aromatic heterocycles. The van der Waals surface area contributed by atoms with Crippen molar-refractivity contribution in [1.82, 2.24) is 5.32 Å². The zero-order chi connectivity index (χ0) is 15.4. The zero-order valence-electron chi connectivity index (χ0n) is 11.4. The standard InChI is InChI=1S/C15H17F2NO3/c16-11-6-5-9(7-12(11)17)15(21)13(8-14(19)20)18-10-3-1-2-4-10/h5-7,10,13,18H,1-4,8H2,(H,19,20). The van der Waals surface area contributed by atoms with Gasteiger partial charge in [0.25, 0.3) is 0 Å². The lowest BCUT2D eigenvalue weighted by molar-refractivity contribution is -0.137. The minimum atomic E-state index is -1.12. The third kappa shape index (κ3) is 4.07. The van der Waals surface area contributed by atoms with Crippen LogP contribution in [0.25, 0.3) is 0 Å². The highest BCUT2D eigenvalue weighted by molar-refractivity contribution is 6.01. The first-order chi connectivity index (χ1) is 9.97. The maximum Gasteiger partial charge on any atom is 0.305 e. The Hall–Kier alpha value is -1.82. The molecule has 0 heterocycles. The lowest BCUT2D eigenvalue weighted by Crippen LogP contribution is -2.43. The van der Waals surface area contributed by atoms with Gasteiger partial charge in [0.05, 0.1) is 12.5 Å².